The summed E-state index contributed by atoms with van der Waals surface area (Å²) in [4.78, 5) is 14.2. The molecular formula is C17H17F4N3O. The molecule has 0 radical (unpaired) electrons. The zero-order valence-electron chi connectivity index (χ0n) is 13.8. The normalized spacial score (nSPS) is 17.5. The first-order chi connectivity index (χ1) is 11.7. The molecule has 2 aromatic rings. The zero-order chi connectivity index (χ0) is 18.4. The lowest BCUT2D eigenvalue weighted by Crippen LogP contribution is -2.44. The monoisotopic (exact) mass is 355 g/mol. The summed E-state index contributed by atoms with van der Waals surface area (Å²) in [6.07, 6.45) is -3.24. The number of carbonyl (C=O) groups excluding carboxylic acids is 1. The van der Waals surface area contributed by atoms with Crippen LogP contribution >= 0.6 is 0 Å². The Hall–Kier alpha value is -2.38. The fourth-order valence-electron chi connectivity index (χ4n) is 3.11. The predicted molar refractivity (Wildman–Crippen MR) is 83.6 cm³/mol. The van der Waals surface area contributed by atoms with Gasteiger partial charge in [0.2, 0.25) is 5.91 Å². The fraction of sp³-hybridized carbons (Fsp3) is 0.412. The molecular weight excluding hydrogens is 338 g/mol. The molecule has 0 N–H and O–H groups in total. The number of hydrogen-bond donors (Lipinski definition) is 0. The molecule has 134 valence electrons. The van der Waals surface area contributed by atoms with E-state index < -0.39 is 11.9 Å². The molecule has 8 heteroatoms. The molecule has 3 rings (SSSR count). The Morgan fingerprint density at radius 3 is 2.68 bits per heavy atom. The molecule has 2 heterocycles. The van der Waals surface area contributed by atoms with E-state index in [9.17, 15) is 22.4 Å². The molecule has 1 aromatic heterocycles. The highest BCUT2D eigenvalue weighted by Gasteiger charge is 2.35. The number of hydrogen-bond acceptors (Lipinski definition) is 2. The Labute approximate surface area is 142 Å². The van der Waals surface area contributed by atoms with Gasteiger partial charge in [-0.05, 0) is 56.5 Å². The largest absolute Gasteiger partial charge is 0.435 e. The van der Waals surface area contributed by atoms with E-state index in [0.29, 0.717) is 18.5 Å². The Morgan fingerprint density at radius 1 is 1.32 bits per heavy atom. The van der Waals surface area contributed by atoms with Crippen LogP contribution in [0.1, 0.15) is 30.3 Å². The van der Waals surface area contributed by atoms with Gasteiger partial charge in [-0.25, -0.2) is 4.39 Å². The minimum absolute atomic E-state index is 0.122. The number of halogens is 4. The van der Waals surface area contributed by atoms with Crippen LogP contribution in [0.25, 0.3) is 0 Å². The number of alkyl halides is 3. The minimum atomic E-state index is -4.55. The number of anilines is 1. The van der Waals surface area contributed by atoms with Crippen LogP contribution in [0.15, 0.2) is 24.3 Å². The SMILES string of the molecule is Cc1cc(C(F)(F)F)nn1CC(=O)N1c2ccc(F)cc2CC[C@H]1C. The third kappa shape index (κ3) is 3.38. The van der Waals surface area contributed by atoms with Gasteiger partial charge in [0.15, 0.2) is 5.69 Å². The number of aryl methyl sites for hydroxylation is 2. The van der Waals surface area contributed by atoms with Crippen LogP contribution in [0.4, 0.5) is 23.2 Å². The lowest BCUT2D eigenvalue weighted by Gasteiger charge is -2.35. The Kier molecular flexibility index (Phi) is 4.30. The maximum Gasteiger partial charge on any atom is 0.435 e. The summed E-state index contributed by atoms with van der Waals surface area (Å²) in [5, 5.41) is 3.50. The topological polar surface area (TPSA) is 38.1 Å². The van der Waals surface area contributed by atoms with Crippen LogP contribution < -0.4 is 4.90 Å². The molecule has 1 aromatic carbocycles. The number of nitrogens with zero attached hydrogens (tertiary/aromatic N) is 3. The highest BCUT2D eigenvalue weighted by atomic mass is 19.4. The molecule has 0 spiro atoms. The number of aromatic nitrogens is 2. The fourth-order valence-corrected chi connectivity index (χ4v) is 3.11. The van der Waals surface area contributed by atoms with Gasteiger partial charge in [-0.3, -0.25) is 9.48 Å². The Balaban J connectivity index is 1.88. The van der Waals surface area contributed by atoms with Gasteiger partial charge >= 0.3 is 6.18 Å². The molecule has 0 bridgehead atoms. The number of rotatable bonds is 2. The second-order valence-electron chi connectivity index (χ2n) is 6.25. The maximum absolute atomic E-state index is 13.4. The molecule has 25 heavy (non-hydrogen) atoms. The summed E-state index contributed by atoms with van der Waals surface area (Å²) in [7, 11) is 0. The Morgan fingerprint density at radius 2 is 2.04 bits per heavy atom. The smallest absolute Gasteiger partial charge is 0.308 e. The minimum Gasteiger partial charge on any atom is -0.308 e. The van der Waals surface area contributed by atoms with Crippen molar-refractivity contribution >= 4 is 11.6 Å². The van der Waals surface area contributed by atoms with Gasteiger partial charge in [-0.15, -0.1) is 0 Å². The van der Waals surface area contributed by atoms with Gasteiger partial charge in [0.25, 0.3) is 0 Å². The summed E-state index contributed by atoms with van der Waals surface area (Å²) >= 11 is 0. The molecule has 0 aliphatic carbocycles. The first-order valence-electron chi connectivity index (χ1n) is 7.89. The van der Waals surface area contributed by atoms with Crippen molar-refractivity contribution in [2.24, 2.45) is 0 Å². The number of amides is 1. The lowest BCUT2D eigenvalue weighted by atomic mass is 9.96. The Bertz CT molecular complexity index is 813. The van der Waals surface area contributed by atoms with Crippen LogP contribution in [0.3, 0.4) is 0 Å². The first-order valence-corrected chi connectivity index (χ1v) is 7.89. The van der Waals surface area contributed by atoms with Crippen molar-refractivity contribution in [2.45, 2.75) is 45.5 Å². The van der Waals surface area contributed by atoms with Gasteiger partial charge in [0.1, 0.15) is 12.4 Å². The van der Waals surface area contributed by atoms with Crippen molar-refractivity contribution < 1.29 is 22.4 Å². The average Bonchev–Trinajstić information content (AvgIpc) is 2.88. The second-order valence-corrected chi connectivity index (χ2v) is 6.25. The van der Waals surface area contributed by atoms with Crippen LogP contribution in [0, 0.1) is 12.7 Å². The summed E-state index contributed by atoms with van der Waals surface area (Å²) < 4.78 is 52.8. The molecule has 1 aliphatic heterocycles. The quantitative estimate of drug-likeness (QED) is 0.770. The maximum atomic E-state index is 13.4. The van der Waals surface area contributed by atoms with Crippen molar-refractivity contribution in [2.75, 3.05) is 4.90 Å². The third-order valence-corrected chi connectivity index (χ3v) is 4.40. The van der Waals surface area contributed by atoms with Gasteiger partial charge in [0, 0.05) is 17.4 Å². The highest BCUT2D eigenvalue weighted by molar-refractivity contribution is 5.95. The van der Waals surface area contributed by atoms with Crippen LogP contribution in [-0.2, 0) is 23.9 Å². The highest BCUT2D eigenvalue weighted by Crippen LogP contribution is 2.32. The molecule has 1 amide bonds. The number of carbonyl (C=O) groups is 1. The number of fused-ring (bicyclic) bond motifs is 1. The molecule has 0 unspecified atom stereocenters. The third-order valence-electron chi connectivity index (χ3n) is 4.40. The van der Waals surface area contributed by atoms with Gasteiger partial charge in [0.05, 0.1) is 0 Å². The van der Waals surface area contributed by atoms with E-state index in [0.717, 1.165) is 16.3 Å². The van der Waals surface area contributed by atoms with Crippen molar-refractivity contribution in [1.82, 2.24) is 9.78 Å². The van der Waals surface area contributed by atoms with E-state index in [-0.39, 0.29) is 30.0 Å². The van der Waals surface area contributed by atoms with E-state index in [2.05, 4.69) is 5.10 Å². The molecule has 0 saturated carbocycles. The predicted octanol–water partition coefficient (Wildman–Crippen LogP) is 3.72. The molecule has 1 aliphatic rings. The van der Waals surface area contributed by atoms with Crippen LogP contribution in [0.5, 0.6) is 0 Å². The van der Waals surface area contributed by atoms with Gasteiger partial charge < -0.3 is 4.90 Å². The van der Waals surface area contributed by atoms with Crippen molar-refractivity contribution in [3.63, 3.8) is 0 Å². The average molecular weight is 355 g/mol. The second kappa shape index (κ2) is 6.16. The van der Waals surface area contributed by atoms with Gasteiger partial charge in [-0.2, -0.15) is 18.3 Å². The van der Waals surface area contributed by atoms with Crippen molar-refractivity contribution in [1.29, 1.82) is 0 Å². The van der Waals surface area contributed by atoms with E-state index in [4.69, 9.17) is 0 Å². The summed E-state index contributed by atoms with van der Waals surface area (Å²) in [6, 6.07) is 5.00. The summed E-state index contributed by atoms with van der Waals surface area (Å²) in [5.41, 5.74) is 0.558. The molecule has 1 atom stereocenters. The van der Waals surface area contributed by atoms with E-state index in [1.807, 2.05) is 6.92 Å². The van der Waals surface area contributed by atoms with Gasteiger partial charge in [-0.1, -0.05) is 0 Å². The van der Waals surface area contributed by atoms with Crippen molar-refractivity contribution in [3.8, 4) is 0 Å². The van der Waals surface area contributed by atoms with E-state index >= 15 is 0 Å². The van der Waals surface area contributed by atoms with Crippen LogP contribution in [0.2, 0.25) is 0 Å². The van der Waals surface area contributed by atoms with E-state index in [1.165, 1.54) is 30.0 Å². The molecule has 0 saturated heterocycles. The standard InChI is InChI=1S/C17H17F4N3O/c1-10-3-4-12-8-13(18)5-6-14(12)24(10)16(25)9-23-11(2)7-15(22-23)17(19,20)21/h5-8,10H,3-4,9H2,1-2H3/t10-/m1/s1. The first kappa shape index (κ1) is 17.4. The number of benzene rings is 1. The summed E-state index contributed by atoms with van der Waals surface area (Å²) in [5.74, 6) is -0.751. The van der Waals surface area contributed by atoms with Crippen LogP contribution in [-0.4, -0.2) is 21.7 Å². The summed E-state index contributed by atoms with van der Waals surface area (Å²) in [6.45, 7) is 3.03. The van der Waals surface area contributed by atoms with Crippen molar-refractivity contribution in [3.05, 3.63) is 47.0 Å². The zero-order valence-corrected chi connectivity index (χ0v) is 13.8. The molecule has 4 nitrogen and oxygen atoms in total. The molecule has 0 fully saturated rings. The van der Waals surface area contributed by atoms with E-state index in [1.54, 1.807) is 0 Å². The lowest BCUT2D eigenvalue weighted by molar-refractivity contribution is -0.141.